The van der Waals surface area contributed by atoms with E-state index in [4.69, 9.17) is 0 Å². The number of aliphatic hydroxyl groups excluding tert-OH is 1. The van der Waals surface area contributed by atoms with Gasteiger partial charge in [-0.05, 0) is 6.07 Å². The highest BCUT2D eigenvalue weighted by atomic mass is 32.2. The average Bonchev–Trinajstić information content (AvgIpc) is 2.42. The molecule has 2 rings (SSSR count). The molecule has 1 unspecified atom stereocenters. The van der Waals surface area contributed by atoms with E-state index in [-0.39, 0.29) is 6.10 Å². The van der Waals surface area contributed by atoms with Crippen molar-refractivity contribution in [1.29, 1.82) is 0 Å². The molecule has 1 aromatic heterocycles. The van der Waals surface area contributed by atoms with Gasteiger partial charge in [-0.3, -0.25) is 0 Å². The first-order valence-electron chi connectivity index (χ1n) is 6.41. The van der Waals surface area contributed by atoms with Gasteiger partial charge in [0.15, 0.2) is 0 Å². The van der Waals surface area contributed by atoms with Crippen molar-refractivity contribution >= 4 is 22.7 Å². The number of aliphatic hydroxyl groups is 1. The molecule has 19 heavy (non-hydrogen) atoms. The molecule has 0 aliphatic carbocycles. The molecule has 0 spiro atoms. The van der Waals surface area contributed by atoms with Crippen LogP contribution in [-0.4, -0.2) is 39.5 Å². The third kappa shape index (κ3) is 4.16. The second-order valence-electron chi connectivity index (χ2n) is 4.72. The van der Waals surface area contributed by atoms with Crippen LogP contribution in [0.15, 0.2) is 35.6 Å². The molecule has 0 aliphatic rings. The van der Waals surface area contributed by atoms with Gasteiger partial charge in [0.05, 0.1) is 11.6 Å². The van der Waals surface area contributed by atoms with Crippen LogP contribution in [0.1, 0.15) is 13.8 Å². The minimum absolute atomic E-state index is 0.374. The maximum atomic E-state index is 9.90. The molecule has 0 aliphatic heterocycles. The molecule has 5 heteroatoms. The summed E-state index contributed by atoms with van der Waals surface area (Å²) < 4.78 is 0. The van der Waals surface area contributed by atoms with Crippen molar-refractivity contribution in [2.75, 3.05) is 12.3 Å². The van der Waals surface area contributed by atoms with Gasteiger partial charge in [0.25, 0.3) is 0 Å². The Bertz CT molecular complexity index is 528. The Kier molecular flexibility index (Phi) is 5.13. The van der Waals surface area contributed by atoms with Gasteiger partial charge in [0, 0.05) is 23.7 Å². The highest BCUT2D eigenvalue weighted by Crippen LogP contribution is 2.24. The lowest BCUT2D eigenvalue weighted by molar-refractivity contribution is 0.192. The molecule has 0 saturated carbocycles. The first kappa shape index (κ1) is 14.2. The molecule has 102 valence electrons. The summed E-state index contributed by atoms with van der Waals surface area (Å²) in [6.07, 6.45) is 1.20. The second-order valence-corrected chi connectivity index (χ2v) is 5.73. The summed E-state index contributed by atoms with van der Waals surface area (Å²) in [5, 5.41) is 15.1. The number of nitrogens with zero attached hydrogens (tertiary/aromatic N) is 2. The normalized spacial score (nSPS) is 13.1. The van der Waals surface area contributed by atoms with Gasteiger partial charge >= 0.3 is 0 Å². The number of rotatable bonds is 6. The Morgan fingerprint density at radius 2 is 2.05 bits per heavy atom. The number of benzene rings is 1. The number of hydrogen-bond acceptors (Lipinski definition) is 5. The molecule has 1 aromatic carbocycles. The Hall–Kier alpha value is -1.17. The summed E-state index contributed by atoms with van der Waals surface area (Å²) in [5.41, 5.74) is 0.940. The van der Waals surface area contributed by atoms with Crippen LogP contribution in [-0.2, 0) is 0 Å². The van der Waals surface area contributed by atoms with Crippen LogP contribution in [0.5, 0.6) is 0 Å². The lowest BCUT2D eigenvalue weighted by Gasteiger charge is -2.13. The Labute approximate surface area is 117 Å². The minimum atomic E-state index is -0.374. The van der Waals surface area contributed by atoms with Crippen LogP contribution in [0.25, 0.3) is 10.9 Å². The SMILES string of the molecule is CC(C)NCC(O)CSc1ncnc2ccccc12. The van der Waals surface area contributed by atoms with E-state index < -0.39 is 0 Å². The van der Waals surface area contributed by atoms with E-state index in [1.165, 1.54) is 0 Å². The number of para-hydroxylation sites is 1. The van der Waals surface area contributed by atoms with Crippen molar-refractivity contribution in [1.82, 2.24) is 15.3 Å². The van der Waals surface area contributed by atoms with Gasteiger partial charge in [-0.25, -0.2) is 9.97 Å². The molecule has 0 fully saturated rings. The van der Waals surface area contributed by atoms with Crippen molar-refractivity contribution in [2.24, 2.45) is 0 Å². The zero-order valence-electron chi connectivity index (χ0n) is 11.2. The largest absolute Gasteiger partial charge is 0.391 e. The molecule has 0 amide bonds. The third-order valence-electron chi connectivity index (χ3n) is 2.68. The molecule has 0 saturated heterocycles. The number of thioether (sulfide) groups is 1. The van der Waals surface area contributed by atoms with E-state index in [9.17, 15) is 5.11 Å². The molecule has 0 radical (unpaired) electrons. The predicted octanol–water partition coefficient (Wildman–Crippen LogP) is 2.08. The van der Waals surface area contributed by atoms with E-state index in [1.807, 2.05) is 24.3 Å². The van der Waals surface area contributed by atoms with Gasteiger partial charge in [-0.15, -0.1) is 11.8 Å². The first-order valence-corrected chi connectivity index (χ1v) is 7.39. The maximum Gasteiger partial charge on any atom is 0.117 e. The lowest BCUT2D eigenvalue weighted by Crippen LogP contribution is -2.33. The average molecular weight is 277 g/mol. The monoisotopic (exact) mass is 277 g/mol. The van der Waals surface area contributed by atoms with Crippen LogP contribution in [0.2, 0.25) is 0 Å². The van der Waals surface area contributed by atoms with Crippen molar-refractivity contribution in [3.8, 4) is 0 Å². The van der Waals surface area contributed by atoms with Crippen molar-refractivity contribution in [2.45, 2.75) is 31.0 Å². The molecular formula is C14H19N3OS. The van der Waals surface area contributed by atoms with E-state index >= 15 is 0 Å². The van der Waals surface area contributed by atoms with E-state index in [0.29, 0.717) is 18.3 Å². The Morgan fingerprint density at radius 1 is 1.26 bits per heavy atom. The fraction of sp³-hybridized carbons (Fsp3) is 0.429. The topological polar surface area (TPSA) is 58.0 Å². The maximum absolute atomic E-state index is 9.90. The summed E-state index contributed by atoms with van der Waals surface area (Å²) >= 11 is 1.57. The van der Waals surface area contributed by atoms with Crippen LogP contribution >= 0.6 is 11.8 Å². The predicted molar refractivity (Wildman–Crippen MR) is 79.4 cm³/mol. The quantitative estimate of drug-likeness (QED) is 0.625. The standard InChI is InChI=1S/C14H19N3OS/c1-10(2)15-7-11(18)8-19-14-12-5-3-4-6-13(12)16-9-17-14/h3-6,9-11,15,18H,7-8H2,1-2H3. The number of fused-ring (bicyclic) bond motifs is 1. The minimum Gasteiger partial charge on any atom is -0.391 e. The summed E-state index contributed by atoms with van der Waals surface area (Å²) in [5.74, 6) is 0.626. The number of aromatic nitrogens is 2. The summed E-state index contributed by atoms with van der Waals surface area (Å²) in [6.45, 7) is 4.74. The lowest BCUT2D eigenvalue weighted by atomic mass is 10.2. The van der Waals surface area contributed by atoms with E-state index in [1.54, 1.807) is 18.1 Å². The van der Waals surface area contributed by atoms with Crippen LogP contribution in [0.4, 0.5) is 0 Å². The molecule has 2 aromatic rings. The molecular weight excluding hydrogens is 258 g/mol. The zero-order valence-corrected chi connectivity index (χ0v) is 12.0. The first-order chi connectivity index (χ1) is 9.16. The Balaban J connectivity index is 1.98. The summed E-state index contributed by atoms with van der Waals surface area (Å²) in [6, 6.07) is 8.31. The van der Waals surface area contributed by atoms with Crippen molar-refractivity contribution < 1.29 is 5.11 Å². The zero-order chi connectivity index (χ0) is 13.7. The van der Waals surface area contributed by atoms with Gasteiger partial charge in [-0.1, -0.05) is 32.0 Å². The van der Waals surface area contributed by atoms with Gasteiger partial charge in [0.1, 0.15) is 11.4 Å². The van der Waals surface area contributed by atoms with E-state index in [2.05, 4.69) is 29.1 Å². The van der Waals surface area contributed by atoms with Gasteiger partial charge in [0.2, 0.25) is 0 Å². The number of nitrogens with one attached hydrogen (secondary N) is 1. The van der Waals surface area contributed by atoms with Gasteiger partial charge < -0.3 is 10.4 Å². The smallest absolute Gasteiger partial charge is 0.117 e. The fourth-order valence-corrected chi connectivity index (χ4v) is 2.62. The molecule has 1 heterocycles. The van der Waals surface area contributed by atoms with Crippen LogP contribution < -0.4 is 5.32 Å². The van der Waals surface area contributed by atoms with Crippen LogP contribution in [0, 0.1) is 0 Å². The molecule has 0 bridgehead atoms. The second kappa shape index (κ2) is 6.84. The molecule has 4 nitrogen and oxygen atoms in total. The highest BCUT2D eigenvalue weighted by Gasteiger charge is 2.09. The van der Waals surface area contributed by atoms with Gasteiger partial charge in [-0.2, -0.15) is 0 Å². The van der Waals surface area contributed by atoms with E-state index in [0.717, 1.165) is 15.9 Å². The molecule has 2 N–H and O–H groups in total. The van der Waals surface area contributed by atoms with Crippen molar-refractivity contribution in [3.63, 3.8) is 0 Å². The molecule has 1 atom stereocenters. The highest BCUT2D eigenvalue weighted by molar-refractivity contribution is 7.99. The van der Waals surface area contributed by atoms with Crippen LogP contribution in [0.3, 0.4) is 0 Å². The fourth-order valence-electron chi connectivity index (χ4n) is 1.70. The Morgan fingerprint density at radius 3 is 2.84 bits per heavy atom. The third-order valence-corrected chi connectivity index (χ3v) is 3.83. The summed E-state index contributed by atoms with van der Waals surface area (Å²) in [7, 11) is 0. The van der Waals surface area contributed by atoms with Crippen molar-refractivity contribution in [3.05, 3.63) is 30.6 Å². The number of hydrogen-bond donors (Lipinski definition) is 2. The summed E-state index contributed by atoms with van der Waals surface area (Å²) in [4.78, 5) is 8.52.